The van der Waals surface area contributed by atoms with Crippen LogP contribution >= 0.6 is 0 Å². The number of carbonyl (C=O) groups is 2. The first kappa shape index (κ1) is 22.8. The minimum Gasteiger partial charge on any atom is -0.494 e. The van der Waals surface area contributed by atoms with Gasteiger partial charge in [0.15, 0.2) is 11.5 Å². The van der Waals surface area contributed by atoms with Crippen LogP contribution in [-0.2, 0) is 19.1 Å². The van der Waals surface area contributed by atoms with Gasteiger partial charge < -0.3 is 19.1 Å². The molecule has 1 amide bonds. The number of nitrogens with zero attached hydrogens (tertiary/aromatic N) is 1. The summed E-state index contributed by atoms with van der Waals surface area (Å²) < 4.78 is 17.2. The molecule has 0 N–H and O–H groups in total. The van der Waals surface area contributed by atoms with Gasteiger partial charge in [-0.25, -0.2) is 0 Å². The Kier molecular flexibility index (Phi) is 7.51. The fourth-order valence-electron chi connectivity index (χ4n) is 5.14. The minimum absolute atomic E-state index is 0.100. The van der Waals surface area contributed by atoms with Crippen molar-refractivity contribution in [3.63, 3.8) is 0 Å². The molecule has 1 saturated carbocycles. The zero-order valence-electron chi connectivity index (χ0n) is 19.3. The van der Waals surface area contributed by atoms with Crippen molar-refractivity contribution in [2.24, 2.45) is 5.92 Å². The molecule has 1 aromatic rings. The first-order valence-electron chi connectivity index (χ1n) is 12.1. The molecule has 3 unspecified atom stereocenters. The van der Waals surface area contributed by atoms with E-state index in [-0.39, 0.29) is 29.5 Å². The summed E-state index contributed by atoms with van der Waals surface area (Å²) in [5, 5.41) is 0. The summed E-state index contributed by atoms with van der Waals surface area (Å²) in [6.45, 7) is 3.95. The van der Waals surface area contributed by atoms with Crippen molar-refractivity contribution in [2.75, 3.05) is 26.9 Å². The van der Waals surface area contributed by atoms with E-state index in [2.05, 4.69) is 6.92 Å². The van der Waals surface area contributed by atoms with Crippen LogP contribution in [0.2, 0.25) is 0 Å². The summed E-state index contributed by atoms with van der Waals surface area (Å²) in [5.41, 5.74) is 1.47. The highest BCUT2D eigenvalue weighted by Crippen LogP contribution is 2.46. The monoisotopic (exact) mass is 441 g/mol. The van der Waals surface area contributed by atoms with Crippen molar-refractivity contribution in [2.45, 2.75) is 70.4 Å². The lowest BCUT2D eigenvalue weighted by Crippen LogP contribution is -2.39. The molecule has 1 aliphatic carbocycles. The first-order chi connectivity index (χ1) is 15.7. The van der Waals surface area contributed by atoms with Crippen LogP contribution in [0.15, 0.2) is 35.6 Å². The number of rotatable bonds is 10. The van der Waals surface area contributed by atoms with Gasteiger partial charge in [0.25, 0.3) is 5.91 Å². The fourth-order valence-corrected chi connectivity index (χ4v) is 5.14. The van der Waals surface area contributed by atoms with E-state index in [0.717, 1.165) is 56.3 Å². The summed E-state index contributed by atoms with van der Waals surface area (Å²) >= 11 is 0. The van der Waals surface area contributed by atoms with Crippen molar-refractivity contribution in [1.82, 2.24) is 4.90 Å². The Morgan fingerprint density at radius 1 is 1.03 bits per heavy atom. The Morgan fingerprint density at radius 2 is 1.81 bits per heavy atom. The van der Waals surface area contributed by atoms with Crippen LogP contribution in [0.3, 0.4) is 0 Å². The number of ether oxygens (including phenoxy) is 3. The summed E-state index contributed by atoms with van der Waals surface area (Å²) in [4.78, 5) is 28.7. The summed E-state index contributed by atoms with van der Waals surface area (Å²) in [5.74, 6) is 0.896. The highest BCUT2D eigenvalue weighted by atomic mass is 16.5. The topological polar surface area (TPSA) is 65.1 Å². The third-order valence-corrected chi connectivity index (χ3v) is 6.82. The second-order valence-corrected chi connectivity index (χ2v) is 9.03. The molecule has 0 saturated heterocycles. The fraction of sp³-hybridized carbons (Fsp3) is 0.615. The Hall–Kier alpha value is -2.34. The number of Topliss-reactive ketones (excluding diaryl/α,β-unsaturated/α-hetero) is 1. The van der Waals surface area contributed by atoms with Crippen molar-refractivity contribution < 1.29 is 23.8 Å². The Morgan fingerprint density at radius 3 is 2.56 bits per heavy atom. The van der Waals surface area contributed by atoms with Gasteiger partial charge in [0.2, 0.25) is 0 Å². The Bertz CT molecular complexity index is 846. The van der Waals surface area contributed by atoms with Crippen LogP contribution in [0.1, 0.15) is 69.9 Å². The third-order valence-electron chi connectivity index (χ3n) is 6.82. The number of methoxy groups -OCH3 is 1. The van der Waals surface area contributed by atoms with E-state index in [4.69, 9.17) is 14.2 Å². The normalized spacial score (nSPS) is 24.9. The predicted octanol–water partition coefficient (Wildman–Crippen LogP) is 4.59. The predicted molar refractivity (Wildman–Crippen MR) is 121 cm³/mol. The molecular formula is C26H35NO5. The number of hydrogen-bond acceptors (Lipinski definition) is 5. The van der Waals surface area contributed by atoms with Crippen molar-refractivity contribution in [3.05, 3.63) is 41.2 Å². The molecule has 1 fully saturated rings. The van der Waals surface area contributed by atoms with Crippen LogP contribution in [0.4, 0.5) is 0 Å². The largest absolute Gasteiger partial charge is 0.494 e. The SMILES string of the molecule is CCCCCOc1ccc(C2C3=C(OC4CCCCC4C3=O)C(=O)N2CCCOC)cc1. The zero-order chi connectivity index (χ0) is 22.5. The van der Waals surface area contributed by atoms with Gasteiger partial charge in [0, 0.05) is 20.3 Å². The Labute approximate surface area is 190 Å². The second-order valence-electron chi connectivity index (χ2n) is 9.03. The summed E-state index contributed by atoms with van der Waals surface area (Å²) in [7, 11) is 1.66. The molecule has 0 spiro atoms. The summed E-state index contributed by atoms with van der Waals surface area (Å²) in [6, 6.07) is 7.43. The smallest absolute Gasteiger partial charge is 0.290 e. The molecule has 32 heavy (non-hydrogen) atoms. The Balaban J connectivity index is 1.59. The van der Waals surface area contributed by atoms with E-state index in [1.165, 1.54) is 0 Å². The molecule has 0 radical (unpaired) electrons. The zero-order valence-corrected chi connectivity index (χ0v) is 19.3. The molecule has 0 aromatic heterocycles. The molecule has 6 nitrogen and oxygen atoms in total. The first-order valence-corrected chi connectivity index (χ1v) is 12.1. The van der Waals surface area contributed by atoms with E-state index in [1.807, 2.05) is 24.3 Å². The van der Waals surface area contributed by atoms with Gasteiger partial charge in [-0.1, -0.05) is 38.3 Å². The molecular weight excluding hydrogens is 406 g/mol. The number of carbonyl (C=O) groups excluding carboxylic acids is 2. The van der Waals surface area contributed by atoms with E-state index in [0.29, 0.717) is 31.8 Å². The number of benzene rings is 1. The molecule has 6 heteroatoms. The van der Waals surface area contributed by atoms with Gasteiger partial charge in [0.05, 0.1) is 24.1 Å². The number of amides is 1. The maximum Gasteiger partial charge on any atom is 0.290 e. The van der Waals surface area contributed by atoms with Crippen LogP contribution in [0, 0.1) is 5.92 Å². The molecule has 2 aliphatic heterocycles. The lowest BCUT2D eigenvalue weighted by atomic mass is 9.77. The van der Waals surface area contributed by atoms with Crippen LogP contribution in [0.5, 0.6) is 5.75 Å². The molecule has 4 rings (SSSR count). The van der Waals surface area contributed by atoms with E-state index < -0.39 is 6.04 Å². The third kappa shape index (κ3) is 4.56. The average molecular weight is 442 g/mol. The maximum absolute atomic E-state index is 13.5. The lowest BCUT2D eigenvalue weighted by Gasteiger charge is -2.35. The quantitative estimate of drug-likeness (QED) is 0.497. The van der Waals surface area contributed by atoms with Gasteiger partial charge in [-0.05, 0) is 49.8 Å². The lowest BCUT2D eigenvalue weighted by molar-refractivity contribution is -0.135. The molecule has 1 aromatic carbocycles. The van der Waals surface area contributed by atoms with Gasteiger partial charge in [0.1, 0.15) is 11.9 Å². The molecule has 3 aliphatic rings. The second kappa shape index (κ2) is 10.5. The number of ketones is 1. The average Bonchev–Trinajstić information content (AvgIpc) is 3.09. The minimum atomic E-state index is -0.404. The van der Waals surface area contributed by atoms with Crippen LogP contribution < -0.4 is 4.74 Å². The molecule has 3 atom stereocenters. The molecule has 2 heterocycles. The standard InChI is InChI=1S/C26H35NO5/c1-3-4-7-17-31-19-13-11-18(12-14-19)23-22-24(28)20-9-5-6-10-21(20)32-25(22)26(29)27(23)15-8-16-30-2/h11-14,20-21,23H,3-10,15-17H2,1-2H3. The number of fused-ring (bicyclic) bond motifs is 1. The molecule has 174 valence electrons. The van der Waals surface area contributed by atoms with E-state index in [9.17, 15) is 9.59 Å². The van der Waals surface area contributed by atoms with Gasteiger partial charge in [-0.15, -0.1) is 0 Å². The van der Waals surface area contributed by atoms with Crippen molar-refractivity contribution in [1.29, 1.82) is 0 Å². The number of hydrogen-bond donors (Lipinski definition) is 0. The maximum atomic E-state index is 13.5. The van der Waals surface area contributed by atoms with Gasteiger partial charge in [-0.2, -0.15) is 0 Å². The number of unbranched alkanes of at least 4 members (excludes halogenated alkanes) is 2. The highest BCUT2D eigenvalue weighted by molar-refractivity contribution is 6.11. The van der Waals surface area contributed by atoms with Gasteiger partial charge in [-0.3, -0.25) is 9.59 Å². The van der Waals surface area contributed by atoms with Crippen LogP contribution in [-0.4, -0.2) is 49.6 Å². The molecule has 0 bridgehead atoms. The highest BCUT2D eigenvalue weighted by Gasteiger charge is 2.51. The van der Waals surface area contributed by atoms with Crippen LogP contribution in [0.25, 0.3) is 0 Å². The van der Waals surface area contributed by atoms with Crippen molar-refractivity contribution >= 4 is 11.7 Å². The van der Waals surface area contributed by atoms with E-state index >= 15 is 0 Å². The van der Waals surface area contributed by atoms with Crippen molar-refractivity contribution in [3.8, 4) is 5.75 Å². The summed E-state index contributed by atoms with van der Waals surface area (Å²) in [6.07, 6.45) is 7.68. The van der Waals surface area contributed by atoms with Gasteiger partial charge >= 0.3 is 0 Å². The van der Waals surface area contributed by atoms with E-state index in [1.54, 1.807) is 12.0 Å².